The smallest absolute Gasteiger partial charge is 0.237 e. The Labute approximate surface area is 238 Å². The van der Waals surface area contributed by atoms with Gasteiger partial charge in [0.05, 0.1) is 10.8 Å². The molecule has 2 aromatic rings. The van der Waals surface area contributed by atoms with E-state index in [0.29, 0.717) is 11.5 Å². The molecule has 3 heterocycles. The van der Waals surface area contributed by atoms with Gasteiger partial charge in [-0.2, -0.15) is 0 Å². The van der Waals surface area contributed by atoms with Crippen molar-refractivity contribution in [2.24, 2.45) is 10.4 Å². The van der Waals surface area contributed by atoms with Crippen molar-refractivity contribution in [3.63, 3.8) is 0 Å². The molecule has 1 aliphatic carbocycles. The summed E-state index contributed by atoms with van der Waals surface area (Å²) in [5.74, 6) is 2.28. The Morgan fingerprint density at radius 1 is 1.05 bits per heavy atom. The number of aldehydes is 1. The van der Waals surface area contributed by atoms with Gasteiger partial charge in [0.1, 0.15) is 12.1 Å². The number of anilines is 2. The van der Waals surface area contributed by atoms with E-state index in [9.17, 15) is 13.8 Å². The van der Waals surface area contributed by atoms with Crippen LogP contribution in [0.4, 0.5) is 11.4 Å². The number of nitrogen functional groups attached to an aromatic ring is 1. The fraction of sp³-hybridized carbons (Fsp3) is 0.419. The van der Waals surface area contributed by atoms with Gasteiger partial charge in [-0.3, -0.25) is 13.8 Å². The molecular formula is C31H38N4O4S. The molecule has 1 atom stereocenters. The Bertz CT molecular complexity index is 1410. The van der Waals surface area contributed by atoms with E-state index in [1.165, 1.54) is 18.1 Å². The van der Waals surface area contributed by atoms with E-state index in [-0.39, 0.29) is 17.2 Å². The molecule has 6 rings (SSSR count). The van der Waals surface area contributed by atoms with Crippen LogP contribution in [-0.4, -0.2) is 47.1 Å². The van der Waals surface area contributed by atoms with Crippen LogP contribution in [0.1, 0.15) is 56.7 Å². The van der Waals surface area contributed by atoms with Crippen molar-refractivity contribution >= 4 is 46.5 Å². The van der Waals surface area contributed by atoms with Crippen LogP contribution in [0.5, 0.6) is 0 Å². The number of nitrogens with zero attached hydrogens (tertiary/aromatic N) is 2. The minimum Gasteiger partial charge on any atom is -0.399 e. The topological polar surface area (TPSA) is 122 Å². The predicted molar refractivity (Wildman–Crippen MR) is 161 cm³/mol. The highest BCUT2D eigenvalue weighted by molar-refractivity contribution is 7.85. The summed E-state index contributed by atoms with van der Waals surface area (Å²) in [6.45, 7) is 5.39. The molecule has 0 aromatic heterocycles. The van der Waals surface area contributed by atoms with Crippen molar-refractivity contribution < 1.29 is 18.6 Å². The lowest BCUT2D eigenvalue weighted by atomic mass is 9.76. The van der Waals surface area contributed by atoms with Crippen molar-refractivity contribution in [3.05, 3.63) is 70.5 Å². The van der Waals surface area contributed by atoms with Gasteiger partial charge in [0.15, 0.2) is 0 Å². The number of carbonyl (C=O) groups is 3. The SMILES string of the molecule is C/C=N\C1=C(CC)C2(Cc3ccc(N)cc3C2)C(=O)N1.CC=O.CN1C(=O)C2(CCS(=O)CC2)c2ccccc21. The highest BCUT2D eigenvalue weighted by Gasteiger charge is 2.52. The van der Waals surface area contributed by atoms with Gasteiger partial charge in [0.2, 0.25) is 11.8 Å². The lowest BCUT2D eigenvalue weighted by Crippen LogP contribution is -2.43. The molecule has 8 nitrogen and oxygen atoms in total. The summed E-state index contributed by atoms with van der Waals surface area (Å²) in [6.07, 6.45) is 6.23. The summed E-state index contributed by atoms with van der Waals surface area (Å²) in [7, 11) is 1.10. The van der Waals surface area contributed by atoms with Crippen molar-refractivity contribution in [1.29, 1.82) is 0 Å². The molecule has 3 N–H and O–H groups in total. The van der Waals surface area contributed by atoms with E-state index >= 15 is 0 Å². The fourth-order valence-electron chi connectivity index (χ4n) is 6.48. The Balaban J connectivity index is 0.000000170. The Kier molecular flexibility index (Phi) is 8.73. The summed E-state index contributed by atoms with van der Waals surface area (Å²) in [5, 5.41) is 2.95. The van der Waals surface area contributed by atoms with Crippen molar-refractivity contribution in [1.82, 2.24) is 5.32 Å². The molecule has 1 saturated heterocycles. The quantitative estimate of drug-likeness (QED) is 0.327. The normalized spacial score (nSPS) is 26.3. The molecule has 40 heavy (non-hydrogen) atoms. The summed E-state index contributed by atoms with van der Waals surface area (Å²) >= 11 is 0. The van der Waals surface area contributed by atoms with Gasteiger partial charge < -0.3 is 20.7 Å². The third kappa shape index (κ3) is 5.03. The lowest BCUT2D eigenvalue weighted by Gasteiger charge is -2.31. The largest absolute Gasteiger partial charge is 0.399 e. The molecule has 0 bridgehead atoms. The van der Waals surface area contributed by atoms with E-state index in [0.717, 1.165) is 66.7 Å². The molecule has 4 aliphatic rings. The van der Waals surface area contributed by atoms with Crippen LogP contribution in [-0.2, 0) is 43.4 Å². The van der Waals surface area contributed by atoms with Crippen molar-refractivity contribution in [3.8, 4) is 0 Å². The standard InChI is InChI=1S/C16H19N3O.C13H15NO2S.C2H4O/c1-3-13-14(18-4-2)19-15(20)16(13)8-10-5-6-12(17)7-11(10)9-16;1-14-11-5-3-2-4-10(11)13(12(14)15)6-8-17(16)9-7-13;1-2-3/h4-7H,3,8-9,17H2,1-2H3,(H,19,20);2-5H,6-9H2,1H3;2H,1H3/b18-4-;;. The van der Waals surface area contributed by atoms with Crippen molar-refractivity contribution in [2.75, 3.05) is 29.2 Å². The maximum atomic E-state index is 12.5. The van der Waals surface area contributed by atoms with Crippen LogP contribution in [0.15, 0.2) is 58.9 Å². The number of likely N-dealkylation sites (N-methyl/N-ethyl adjacent to an activating group) is 1. The van der Waals surface area contributed by atoms with Crippen molar-refractivity contribution in [2.45, 2.75) is 58.3 Å². The number of para-hydroxylation sites is 1. The first-order chi connectivity index (χ1) is 19.2. The molecule has 0 radical (unpaired) electrons. The molecule has 2 amide bonds. The molecule has 2 aromatic carbocycles. The summed E-state index contributed by atoms with van der Waals surface area (Å²) in [5.41, 5.74) is 11.5. The maximum Gasteiger partial charge on any atom is 0.237 e. The van der Waals surface area contributed by atoms with Gasteiger partial charge in [-0.05, 0) is 86.4 Å². The Morgan fingerprint density at radius 3 is 2.35 bits per heavy atom. The number of benzene rings is 2. The molecule has 0 saturated carbocycles. The second-order valence-electron chi connectivity index (χ2n) is 10.5. The van der Waals surface area contributed by atoms with E-state index in [1.807, 2.05) is 56.4 Å². The molecule has 3 aliphatic heterocycles. The van der Waals surface area contributed by atoms with Gasteiger partial charge in [0.25, 0.3) is 0 Å². The van der Waals surface area contributed by atoms with Gasteiger partial charge in [-0.25, -0.2) is 4.99 Å². The van der Waals surface area contributed by atoms with Gasteiger partial charge in [-0.15, -0.1) is 0 Å². The monoisotopic (exact) mass is 562 g/mol. The first-order valence-electron chi connectivity index (χ1n) is 13.7. The number of nitrogens with two attached hydrogens (primary N) is 1. The number of fused-ring (bicyclic) bond motifs is 3. The first-order valence-corrected chi connectivity index (χ1v) is 15.2. The van der Waals surface area contributed by atoms with Gasteiger partial charge >= 0.3 is 0 Å². The highest BCUT2D eigenvalue weighted by Crippen LogP contribution is 2.49. The van der Waals surface area contributed by atoms with Crippen LogP contribution >= 0.6 is 0 Å². The van der Waals surface area contributed by atoms with Crippen LogP contribution < -0.4 is 16.0 Å². The zero-order chi connectivity index (χ0) is 29.1. The molecule has 2 spiro atoms. The minimum atomic E-state index is -0.736. The van der Waals surface area contributed by atoms with E-state index in [4.69, 9.17) is 10.5 Å². The zero-order valence-electron chi connectivity index (χ0n) is 23.7. The molecule has 212 valence electrons. The summed E-state index contributed by atoms with van der Waals surface area (Å²) < 4.78 is 11.5. The highest BCUT2D eigenvalue weighted by atomic mass is 32.2. The Morgan fingerprint density at radius 2 is 1.70 bits per heavy atom. The number of amides is 2. The molecular weight excluding hydrogens is 524 g/mol. The second kappa shape index (κ2) is 11.9. The second-order valence-corrected chi connectivity index (χ2v) is 12.2. The predicted octanol–water partition coefficient (Wildman–Crippen LogP) is 3.84. The third-order valence-electron chi connectivity index (χ3n) is 8.36. The summed E-state index contributed by atoms with van der Waals surface area (Å²) in [6, 6.07) is 13.9. The van der Waals surface area contributed by atoms with E-state index in [2.05, 4.69) is 17.2 Å². The van der Waals surface area contributed by atoms with Crippen LogP contribution in [0.3, 0.4) is 0 Å². The maximum absolute atomic E-state index is 12.5. The van der Waals surface area contributed by atoms with Crippen LogP contribution in [0.2, 0.25) is 0 Å². The summed E-state index contributed by atoms with van der Waals surface area (Å²) in [4.78, 5) is 39.9. The number of aliphatic imine (C=N–C) groups is 1. The number of rotatable bonds is 2. The van der Waals surface area contributed by atoms with Gasteiger partial charge in [0, 0.05) is 46.9 Å². The van der Waals surface area contributed by atoms with Crippen LogP contribution in [0, 0.1) is 5.41 Å². The molecule has 1 fully saturated rings. The van der Waals surface area contributed by atoms with Crippen LogP contribution in [0.25, 0.3) is 0 Å². The zero-order valence-corrected chi connectivity index (χ0v) is 24.5. The van der Waals surface area contributed by atoms with Gasteiger partial charge in [-0.1, -0.05) is 31.2 Å². The average Bonchev–Trinajstić information content (AvgIpc) is 3.51. The number of hydrogen-bond donors (Lipinski definition) is 2. The molecule has 9 heteroatoms. The minimum absolute atomic E-state index is 0.0738. The number of carbonyl (C=O) groups excluding carboxylic acids is 3. The first kappa shape index (κ1) is 29.4. The molecule has 1 unspecified atom stereocenters. The van der Waals surface area contributed by atoms with E-state index < -0.39 is 16.2 Å². The average molecular weight is 563 g/mol. The lowest BCUT2D eigenvalue weighted by molar-refractivity contribution is -0.126. The fourth-order valence-corrected chi connectivity index (χ4v) is 7.84. The van der Waals surface area contributed by atoms with E-state index in [1.54, 1.807) is 11.1 Å². The number of nitrogens with one attached hydrogen (secondary N) is 1. The third-order valence-corrected chi connectivity index (χ3v) is 9.68. The Hall–Kier alpha value is -3.59. The number of hydrogen-bond acceptors (Lipinski definition) is 6.